The first-order valence-electron chi connectivity index (χ1n) is 0. The molecule has 0 atom stereocenters. The molecule has 0 N–H and O–H groups in total. The molecule has 0 aromatic rings. The van der Waals surface area contributed by atoms with Crippen molar-refractivity contribution in [3.05, 3.63) is 0 Å². The van der Waals surface area contributed by atoms with Gasteiger partial charge in [0.15, 0.2) is 0 Å². The van der Waals surface area contributed by atoms with Gasteiger partial charge in [-0.25, -0.2) is 0 Å². The molecule has 0 bridgehead atoms. The minimum absolute atomic E-state index is 0. The summed E-state index contributed by atoms with van der Waals surface area (Å²) in [5.74, 6) is 0. The summed E-state index contributed by atoms with van der Waals surface area (Å²) < 4.78 is 0. The Bertz CT molecular complexity index is 19.7. The molecule has 0 amide bonds. The fourth-order valence-corrected chi connectivity index (χ4v) is 0. The van der Waals surface area contributed by atoms with Crippen molar-refractivity contribution >= 4 is 0 Å². The first kappa shape index (κ1) is 48.0. The van der Waals surface area contributed by atoms with Crippen LogP contribution in [0.5, 0.6) is 0 Å². The van der Waals surface area contributed by atoms with Crippen LogP contribution in [0.4, 0.5) is 0 Å². The Hall–Kier alpha value is 4.32. The van der Waals surface area contributed by atoms with E-state index in [0.29, 0.717) is 0 Å². The van der Waals surface area contributed by atoms with E-state index in [1.54, 1.807) is 0 Å². The van der Waals surface area contributed by atoms with Gasteiger partial charge in [-0.2, -0.15) is 0 Å². The average molecular weight is 462 g/mol. The molecule has 0 fully saturated rings. The molecule has 0 aromatic carbocycles. The smallest absolute Gasteiger partial charge is 0 e. The van der Waals surface area contributed by atoms with Crippen LogP contribution in [-0.2, 0) is 93.7 Å². The van der Waals surface area contributed by atoms with Gasteiger partial charge in [0.25, 0.3) is 0 Å². The molecule has 6 heteroatoms. The van der Waals surface area contributed by atoms with E-state index < -0.39 is 0 Å². The second-order valence-corrected chi connectivity index (χ2v) is 0. The van der Waals surface area contributed by atoms with Crippen molar-refractivity contribution in [1.29, 1.82) is 0 Å². The van der Waals surface area contributed by atoms with E-state index in [1.165, 1.54) is 0 Å². The van der Waals surface area contributed by atoms with Crippen LogP contribution < -0.4 is 0 Å². The number of hydrogen-bond donors (Lipinski definition) is 0. The molecule has 0 saturated heterocycles. The van der Waals surface area contributed by atoms with E-state index in [0.717, 1.165) is 0 Å². The van der Waals surface area contributed by atoms with E-state index in [1.807, 2.05) is 0 Å². The van der Waals surface area contributed by atoms with Crippen LogP contribution in [0.3, 0.4) is 0 Å². The Morgan fingerprint density at radius 2 is 1.17 bits per heavy atom. The van der Waals surface area contributed by atoms with Gasteiger partial charge < -0.3 is 0 Å². The molecule has 3 radical (unpaired) electrons. The Morgan fingerprint density at radius 3 is 1.17 bits per heavy atom. The van der Waals surface area contributed by atoms with Crippen molar-refractivity contribution in [1.82, 2.24) is 0 Å². The van der Waals surface area contributed by atoms with E-state index in [-0.39, 0.29) is 137 Å². The molecule has 6 heavy (non-hydrogen) atoms. The molecule has 0 aliphatic heterocycles. The third-order valence-corrected chi connectivity index (χ3v) is 0. The maximum Gasteiger partial charge on any atom is 1.00 e. The third-order valence-electron chi connectivity index (χ3n) is 0. The summed E-state index contributed by atoms with van der Waals surface area (Å²) in [6.07, 6.45) is 0. The van der Waals surface area contributed by atoms with Crippen LogP contribution in [0, 0.1) is 41.7 Å². The second-order valence-electron chi connectivity index (χ2n) is 0. The monoisotopic (exact) mass is 464 g/mol. The second kappa shape index (κ2) is 34.6. The van der Waals surface area contributed by atoms with E-state index in [2.05, 4.69) is 0 Å². The van der Waals surface area contributed by atoms with E-state index >= 15 is 0 Å². The number of rotatable bonds is 0. The zero-order valence-electron chi connectivity index (χ0n) is 3.42. The predicted octanol–water partition coefficient (Wildman–Crippen LogP) is 0.100. The molecule has 0 aliphatic carbocycles. The molecule has 41 valence electrons. The molecule has 0 aromatic heterocycles. The third kappa shape index (κ3) is 23.9. The van der Waals surface area contributed by atoms with Crippen molar-refractivity contribution in [3.8, 4) is 0 Å². The summed E-state index contributed by atoms with van der Waals surface area (Å²) in [6.45, 7) is 0. The largest absolute Gasteiger partial charge is 1.00 e. The van der Waals surface area contributed by atoms with Gasteiger partial charge in [0.2, 0.25) is 0 Å². The van der Waals surface area contributed by atoms with Gasteiger partial charge in [-0.3, -0.25) is 0 Å². The minimum Gasteiger partial charge on any atom is 0 e. The molecule has 0 nitrogen and oxygen atoms in total. The van der Waals surface area contributed by atoms with Crippen molar-refractivity contribution in [2.45, 2.75) is 0 Å². The Morgan fingerprint density at radius 1 is 1.17 bits per heavy atom. The van der Waals surface area contributed by atoms with Gasteiger partial charge in [0, 0.05) is 135 Å². The molecule has 0 unspecified atom stereocenters. The summed E-state index contributed by atoms with van der Waals surface area (Å²) in [5, 5.41) is 0. The van der Waals surface area contributed by atoms with Crippen molar-refractivity contribution < 1.29 is 137 Å². The maximum atomic E-state index is 0. The van der Waals surface area contributed by atoms with Gasteiger partial charge >= 0.3 is 1.43 Å². The Balaban J connectivity index is 0. The van der Waals surface area contributed by atoms with Crippen LogP contribution in [0.2, 0.25) is 0 Å². The predicted molar refractivity (Wildman–Crippen MR) is 1.11 cm³/mol. The first-order chi connectivity index (χ1) is 0. The zero-order valence-corrected chi connectivity index (χ0v) is 12.3. The van der Waals surface area contributed by atoms with Gasteiger partial charge in [0.05, 0.1) is 0 Å². The van der Waals surface area contributed by atoms with Crippen molar-refractivity contribution in [2.24, 2.45) is 0 Å². The molecule has 0 heterocycles. The average Bonchev–Trinajstić information content (AvgIpc) is 0. The van der Waals surface area contributed by atoms with Gasteiger partial charge in [-0.15, -0.1) is 0 Å². The van der Waals surface area contributed by atoms with E-state index in [4.69, 9.17) is 0 Å². The van der Waals surface area contributed by atoms with E-state index in [9.17, 15) is 0 Å². The summed E-state index contributed by atoms with van der Waals surface area (Å²) in [6, 6.07) is 0. The topological polar surface area (TPSA) is 0 Å². The minimum atomic E-state index is 0. The van der Waals surface area contributed by atoms with Crippen LogP contribution in [0.15, 0.2) is 0 Å². The maximum absolute atomic E-state index is 0. The zero-order chi connectivity index (χ0) is 0. The van der Waals surface area contributed by atoms with Crippen LogP contribution in [0.1, 0.15) is 1.43 Å². The molecule has 0 rings (SSSR count). The fraction of sp³-hybridized carbons (Fsp3) is 0. The molecular formula is HCeCoCuMnMoTi+. The number of hydrogen-bond acceptors (Lipinski definition) is 0. The van der Waals surface area contributed by atoms with Gasteiger partial charge in [0.1, 0.15) is 0 Å². The Kier molecular flexibility index (Phi) is 276. The van der Waals surface area contributed by atoms with Crippen molar-refractivity contribution in [2.75, 3.05) is 0 Å². The van der Waals surface area contributed by atoms with Gasteiger partial charge in [-0.1, -0.05) is 0 Å². The normalized spacial score (nSPS) is 0. The Labute approximate surface area is 134 Å². The first-order valence-corrected chi connectivity index (χ1v) is 0. The van der Waals surface area contributed by atoms with Crippen molar-refractivity contribution in [3.63, 3.8) is 0 Å². The molecule has 0 aliphatic rings. The van der Waals surface area contributed by atoms with Crippen LogP contribution in [0.25, 0.3) is 0 Å². The molecule has 0 spiro atoms. The summed E-state index contributed by atoms with van der Waals surface area (Å²) >= 11 is 0. The summed E-state index contributed by atoms with van der Waals surface area (Å²) in [4.78, 5) is 0. The van der Waals surface area contributed by atoms with Crippen LogP contribution in [-0.4, -0.2) is 0 Å². The molecule has 0 saturated carbocycles. The quantitative estimate of drug-likeness (QED) is 0.449. The SMILES string of the molecule is [Ce].[Co].[Cu].[H+].[Mn].[Mo].[Ti]. The van der Waals surface area contributed by atoms with Gasteiger partial charge in [-0.05, 0) is 0 Å². The van der Waals surface area contributed by atoms with Crippen LogP contribution >= 0.6 is 0 Å². The standard InChI is InChI=1S/Ce.Co.Cu.Mn.Mo.Ti/p+1. The molecular weight excluding hydrogens is 461 g/mol. The summed E-state index contributed by atoms with van der Waals surface area (Å²) in [5.41, 5.74) is 0. The fourth-order valence-electron chi connectivity index (χ4n) is 0. The summed E-state index contributed by atoms with van der Waals surface area (Å²) in [7, 11) is 0.